The van der Waals surface area contributed by atoms with Crippen molar-refractivity contribution in [1.29, 1.82) is 0 Å². The van der Waals surface area contributed by atoms with Gasteiger partial charge in [0.2, 0.25) is 11.8 Å². The largest absolute Gasteiger partial charge is 0.458 e. The van der Waals surface area contributed by atoms with Crippen molar-refractivity contribution in [2.45, 2.75) is 76.5 Å². The molecule has 4 rings (SSSR count). The number of alkyl halides is 1. The number of benzene rings is 2. The minimum absolute atomic E-state index is 0.0408. The molecule has 12 nitrogen and oxygen atoms in total. The van der Waals surface area contributed by atoms with Crippen LogP contribution >= 0.6 is 11.6 Å². The maximum absolute atomic E-state index is 13.8. The molecule has 0 radical (unpaired) electrons. The molecule has 3 amide bonds. The Morgan fingerprint density at radius 1 is 0.956 bits per heavy atom. The average molecular weight is 646 g/mol. The summed E-state index contributed by atoms with van der Waals surface area (Å²) >= 11 is 5.66. The summed E-state index contributed by atoms with van der Waals surface area (Å²) < 4.78 is 28.1. The summed E-state index contributed by atoms with van der Waals surface area (Å²) in [4.78, 5) is 53.5. The van der Waals surface area contributed by atoms with E-state index < -0.39 is 53.9 Å². The topological polar surface area (TPSA) is 151 Å². The highest BCUT2D eigenvalue weighted by Gasteiger charge is 2.34. The number of halogens is 1. The average Bonchev–Trinajstić information content (AvgIpc) is 2.98. The summed E-state index contributed by atoms with van der Waals surface area (Å²) in [5.74, 6) is -0.872. The minimum Gasteiger partial charge on any atom is -0.458 e. The van der Waals surface area contributed by atoms with Crippen LogP contribution in [0.5, 0.6) is 11.5 Å². The number of alkyl carbamates (subject to hydrolysis) is 1. The number of rotatable bonds is 6. The quantitative estimate of drug-likeness (QED) is 0.317. The molecule has 2 aliphatic heterocycles. The molecule has 0 saturated carbocycles. The molecule has 2 heterocycles. The number of carbonyl (C=O) groups is 4. The predicted molar refractivity (Wildman–Crippen MR) is 164 cm³/mol. The lowest BCUT2D eigenvalue weighted by molar-refractivity contribution is -0.185. The summed E-state index contributed by atoms with van der Waals surface area (Å²) in [6.45, 7) is 6.00. The van der Waals surface area contributed by atoms with Crippen LogP contribution in [0.1, 0.15) is 44.7 Å². The van der Waals surface area contributed by atoms with Crippen LogP contribution in [0, 0.1) is 0 Å². The third kappa shape index (κ3) is 10.9. The summed E-state index contributed by atoms with van der Waals surface area (Å²) in [5, 5.41) is 8.08. The van der Waals surface area contributed by atoms with Crippen LogP contribution < -0.4 is 20.7 Å². The van der Waals surface area contributed by atoms with Crippen LogP contribution in [-0.4, -0.2) is 79.6 Å². The minimum atomic E-state index is -1.19. The monoisotopic (exact) mass is 645 g/mol. The van der Waals surface area contributed by atoms with Gasteiger partial charge in [-0.3, -0.25) is 9.59 Å². The van der Waals surface area contributed by atoms with E-state index in [0.717, 1.165) is 0 Å². The zero-order chi connectivity index (χ0) is 32.4. The van der Waals surface area contributed by atoms with E-state index in [9.17, 15) is 19.2 Å². The fraction of sp³-hybridized carbons (Fsp3) is 0.500. The van der Waals surface area contributed by atoms with Gasteiger partial charge in [-0.25, -0.2) is 9.59 Å². The Balaban J connectivity index is 1.72. The highest BCUT2D eigenvalue weighted by molar-refractivity contribution is 6.18. The summed E-state index contributed by atoms with van der Waals surface area (Å²) in [7, 11) is 0. The van der Waals surface area contributed by atoms with Gasteiger partial charge < -0.3 is 39.6 Å². The second-order valence-electron chi connectivity index (χ2n) is 11.7. The van der Waals surface area contributed by atoms with Crippen LogP contribution in [0.4, 0.5) is 4.79 Å². The van der Waals surface area contributed by atoms with E-state index in [1.54, 1.807) is 63.2 Å². The van der Waals surface area contributed by atoms with E-state index in [2.05, 4.69) is 16.0 Å². The third-order valence-corrected chi connectivity index (χ3v) is 6.95. The van der Waals surface area contributed by atoms with Gasteiger partial charge in [0.05, 0.1) is 19.1 Å². The molecule has 45 heavy (non-hydrogen) atoms. The molecule has 4 bridgehead atoms. The molecule has 0 aliphatic carbocycles. The van der Waals surface area contributed by atoms with Gasteiger partial charge in [-0.1, -0.05) is 24.3 Å². The number of nitrogens with one attached hydrogen (secondary N) is 3. The van der Waals surface area contributed by atoms with E-state index >= 15 is 0 Å². The first-order chi connectivity index (χ1) is 21.5. The van der Waals surface area contributed by atoms with Crippen molar-refractivity contribution in [2.75, 3.05) is 25.7 Å². The number of hydrogen-bond acceptors (Lipinski definition) is 9. The van der Waals surface area contributed by atoms with Crippen LogP contribution in [0.25, 0.3) is 0 Å². The lowest BCUT2D eigenvalue weighted by atomic mass is 10.0. The molecule has 1 saturated heterocycles. The van der Waals surface area contributed by atoms with Crippen LogP contribution in [-0.2, 0) is 46.2 Å². The first-order valence-electron chi connectivity index (χ1n) is 14.9. The standard InChI is InChI=1S/C32H40ClN3O9/c1-32(2,3)45-30(39)26-18-21-8-5-10-23(16-21)44-22-9-4-7-20(15-22)17-24(36-31(40)43-14-11-33)28(37)34-25(29(38)35-26)19-27-41-12-6-13-42-27/h4-5,7-10,15-16,24-27H,6,11-14,17-19H2,1-3H3,(H,34,37)(H,35,38)(H,36,40)/t24-,25-,26-/m0/s1. The number of ether oxygens (including phenoxy) is 5. The first-order valence-corrected chi connectivity index (χ1v) is 15.4. The smallest absolute Gasteiger partial charge is 0.407 e. The number of carbonyl (C=O) groups excluding carboxylic acids is 4. The summed E-state index contributed by atoms with van der Waals surface area (Å²) in [5.41, 5.74) is 0.575. The van der Waals surface area contributed by atoms with Crippen molar-refractivity contribution in [1.82, 2.24) is 16.0 Å². The molecular weight excluding hydrogens is 606 g/mol. The van der Waals surface area contributed by atoms with Gasteiger partial charge in [0.15, 0.2) is 6.29 Å². The van der Waals surface area contributed by atoms with Crippen molar-refractivity contribution < 1.29 is 42.9 Å². The predicted octanol–water partition coefficient (Wildman–Crippen LogP) is 3.38. The molecular formula is C32H40ClN3O9. The van der Waals surface area contributed by atoms with Gasteiger partial charge in [0.25, 0.3) is 0 Å². The summed E-state index contributed by atoms with van der Waals surface area (Å²) in [6.07, 6.45) is -0.833. The normalized spacial score (nSPS) is 21.5. The number of amides is 3. The second-order valence-corrected chi connectivity index (χ2v) is 12.1. The fourth-order valence-corrected chi connectivity index (χ4v) is 4.89. The van der Waals surface area contributed by atoms with Gasteiger partial charge in [-0.2, -0.15) is 0 Å². The van der Waals surface area contributed by atoms with Crippen molar-refractivity contribution >= 4 is 35.5 Å². The maximum Gasteiger partial charge on any atom is 0.407 e. The van der Waals surface area contributed by atoms with Crippen molar-refractivity contribution in [3.05, 3.63) is 59.7 Å². The zero-order valence-corrected chi connectivity index (χ0v) is 26.4. The third-order valence-electron chi connectivity index (χ3n) is 6.80. The number of hydrogen-bond donors (Lipinski definition) is 3. The van der Waals surface area contributed by atoms with Crippen LogP contribution in [0.2, 0.25) is 0 Å². The molecule has 3 N–H and O–H groups in total. The van der Waals surface area contributed by atoms with Crippen molar-refractivity contribution in [3.8, 4) is 11.5 Å². The Bertz CT molecular complexity index is 1340. The molecule has 2 aromatic rings. The van der Waals surface area contributed by atoms with E-state index in [1.165, 1.54) is 0 Å². The molecule has 244 valence electrons. The molecule has 3 atom stereocenters. The molecule has 1 fully saturated rings. The Labute approximate surface area is 267 Å². The highest BCUT2D eigenvalue weighted by atomic mass is 35.5. The molecule has 0 aromatic heterocycles. The van der Waals surface area contributed by atoms with Crippen LogP contribution in [0.3, 0.4) is 0 Å². The van der Waals surface area contributed by atoms with Crippen molar-refractivity contribution in [2.24, 2.45) is 0 Å². The molecule has 2 aromatic carbocycles. The van der Waals surface area contributed by atoms with Gasteiger partial charge >= 0.3 is 12.1 Å². The van der Waals surface area contributed by atoms with Gasteiger partial charge in [-0.05, 0) is 62.6 Å². The van der Waals surface area contributed by atoms with E-state index in [4.69, 9.17) is 35.3 Å². The number of fused-ring (bicyclic) bond motifs is 4. The second kappa shape index (κ2) is 15.9. The Kier molecular flexibility index (Phi) is 12.0. The molecule has 0 unspecified atom stereocenters. The Morgan fingerprint density at radius 3 is 2.22 bits per heavy atom. The lowest BCUT2D eigenvalue weighted by Gasteiger charge is -2.30. The van der Waals surface area contributed by atoms with Gasteiger partial charge in [0, 0.05) is 19.3 Å². The van der Waals surface area contributed by atoms with Crippen LogP contribution in [0.15, 0.2) is 48.5 Å². The Hall–Kier alpha value is -3.87. The molecule has 0 spiro atoms. The lowest BCUT2D eigenvalue weighted by Crippen LogP contribution is -2.58. The fourth-order valence-electron chi connectivity index (χ4n) is 4.81. The van der Waals surface area contributed by atoms with Gasteiger partial charge in [-0.15, -0.1) is 11.6 Å². The number of esters is 1. The van der Waals surface area contributed by atoms with E-state index in [1.807, 2.05) is 6.07 Å². The first kappa shape index (κ1) is 34.0. The Morgan fingerprint density at radius 2 is 1.60 bits per heavy atom. The van der Waals surface area contributed by atoms with E-state index in [0.29, 0.717) is 42.3 Å². The molecule has 13 heteroatoms. The maximum atomic E-state index is 13.8. The molecule has 2 aliphatic rings. The highest BCUT2D eigenvalue weighted by Crippen LogP contribution is 2.25. The van der Waals surface area contributed by atoms with Crippen molar-refractivity contribution in [3.63, 3.8) is 0 Å². The zero-order valence-electron chi connectivity index (χ0n) is 25.6. The SMILES string of the molecule is CC(C)(C)OC(=O)[C@@H]1Cc2cccc(c2)Oc2cccc(c2)C[C@H](NC(=O)OCCCl)C(=O)N[C@@H](CC2OCCCO2)C(=O)N1. The van der Waals surface area contributed by atoms with Gasteiger partial charge in [0.1, 0.15) is 41.8 Å². The summed E-state index contributed by atoms with van der Waals surface area (Å²) in [6, 6.07) is 10.8. The van der Waals surface area contributed by atoms with E-state index in [-0.39, 0.29) is 31.7 Å².